The number of nitrogens with two attached hydrogens (primary N) is 1. The summed E-state index contributed by atoms with van der Waals surface area (Å²) in [6.45, 7) is 10.1. The van der Waals surface area contributed by atoms with Gasteiger partial charge in [0.2, 0.25) is 5.91 Å². The van der Waals surface area contributed by atoms with E-state index in [0.29, 0.717) is 0 Å². The molecule has 0 aromatic carbocycles. The van der Waals surface area contributed by atoms with Gasteiger partial charge < -0.3 is 20.5 Å². The molecular weight excluding hydrogens is 264 g/mol. The maximum absolute atomic E-state index is 11.9. The minimum absolute atomic E-state index is 0.353. The second-order valence-corrected chi connectivity index (χ2v) is 6.40. The Kier molecular flexibility index (Phi) is 5.99. The molecule has 7 heteroatoms. The van der Waals surface area contributed by atoms with E-state index in [4.69, 9.17) is 15.2 Å². The fourth-order valence-electron chi connectivity index (χ4n) is 1.22. The molecule has 0 aromatic rings. The first-order valence-corrected chi connectivity index (χ1v) is 6.31. The van der Waals surface area contributed by atoms with Gasteiger partial charge in [0.15, 0.2) is 0 Å². The molecular formula is C13H24N2O5. The van der Waals surface area contributed by atoms with E-state index in [-0.39, 0.29) is 6.42 Å². The summed E-state index contributed by atoms with van der Waals surface area (Å²) in [6, 6.07) is -1.17. The van der Waals surface area contributed by atoms with Crippen molar-refractivity contribution in [3.8, 4) is 0 Å². The molecule has 20 heavy (non-hydrogen) atoms. The third kappa shape index (κ3) is 9.18. The fraction of sp³-hybridized carbons (Fsp3) is 0.769. The highest BCUT2D eigenvalue weighted by molar-refractivity contribution is 5.87. The molecule has 0 aliphatic heterocycles. The quantitative estimate of drug-likeness (QED) is 0.753. The highest BCUT2D eigenvalue weighted by Crippen LogP contribution is 2.11. The lowest BCUT2D eigenvalue weighted by Crippen LogP contribution is -2.47. The van der Waals surface area contributed by atoms with E-state index < -0.39 is 35.2 Å². The number of ether oxygens (including phenoxy) is 2. The lowest BCUT2D eigenvalue weighted by atomic mass is 10.1. The number of nitrogens with one attached hydrogen (secondary N) is 1. The molecule has 0 saturated carbocycles. The van der Waals surface area contributed by atoms with Gasteiger partial charge in [-0.2, -0.15) is 0 Å². The lowest BCUT2D eigenvalue weighted by Gasteiger charge is -2.25. The standard InChI is InChI=1S/C13H24N2O5/c1-12(2,3)19-10(17)8(7-9(14)16)15-11(18)20-13(4,5)6/h8H,7H2,1-6H3,(H2,14,16)(H,15,18)/t8-/m1/s1. The fourth-order valence-corrected chi connectivity index (χ4v) is 1.22. The van der Waals surface area contributed by atoms with Crippen molar-refractivity contribution in [2.75, 3.05) is 0 Å². The van der Waals surface area contributed by atoms with Gasteiger partial charge in [0, 0.05) is 0 Å². The summed E-state index contributed by atoms with van der Waals surface area (Å²) < 4.78 is 10.1. The van der Waals surface area contributed by atoms with E-state index in [1.165, 1.54) is 0 Å². The van der Waals surface area contributed by atoms with Crippen LogP contribution >= 0.6 is 0 Å². The van der Waals surface area contributed by atoms with Crippen LogP contribution in [0.15, 0.2) is 0 Å². The molecule has 0 fully saturated rings. The number of rotatable bonds is 4. The van der Waals surface area contributed by atoms with Crippen LogP contribution in [0.3, 0.4) is 0 Å². The molecule has 0 spiro atoms. The Morgan fingerprint density at radius 1 is 1.00 bits per heavy atom. The molecule has 0 unspecified atom stereocenters. The van der Waals surface area contributed by atoms with Crippen molar-refractivity contribution in [1.29, 1.82) is 0 Å². The van der Waals surface area contributed by atoms with Crippen LogP contribution in [0.1, 0.15) is 48.0 Å². The van der Waals surface area contributed by atoms with Gasteiger partial charge in [0.25, 0.3) is 0 Å². The number of alkyl carbamates (subject to hydrolysis) is 1. The van der Waals surface area contributed by atoms with Gasteiger partial charge in [-0.1, -0.05) is 0 Å². The van der Waals surface area contributed by atoms with Gasteiger partial charge in [-0.15, -0.1) is 0 Å². The molecule has 0 bridgehead atoms. The topological polar surface area (TPSA) is 108 Å². The Morgan fingerprint density at radius 2 is 1.45 bits per heavy atom. The minimum Gasteiger partial charge on any atom is -0.458 e. The highest BCUT2D eigenvalue weighted by atomic mass is 16.6. The van der Waals surface area contributed by atoms with E-state index in [1.54, 1.807) is 41.5 Å². The Labute approximate surface area is 119 Å². The molecule has 1 atom stereocenters. The maximum atomic E-state index is 11.9. The Bertz CT molecular complexity index is 379. The molecule has 116 valence electrons. The molecule has 2 amide bonds. The molecule has 0 aromatic heterocycles. The van der Waals surface area contributed by atoms with E-state index in [0.717, 1.165) is 0 Å². The average Bonchev–Trinajstić information content (AvgIpc) is 2.09. The van der Waals surface area contributed by atoms with Gasteiger partial charge in [-0.05, 0) is 41.5 Å². The van der Waals surface area contributed by atoms with Crippen molar-refractivity contribution < 1.29 is 23.9 Å². The smallest absolute Gasteiger partial charge is 0.408 e. The van der Waals surface area contributed by atoms with Crippen LogP contribution in [0.2, 0.25) is 0 Å². The van der Waals surface area contributed by atoms with E-state index in [9.17, 15) is 14.4 Å². The number of hydrogen-bond acceptors (Lipinski definition) is 5. The van der Waals surface area contributed by atoms with Crippen LogP contribution in [-0.4, -0.2) is 35.2 Å². The Hall–Kier alpha value is -1.79. The molecule has 0 aliphatic rings. The third-order valence-electron chi connectivity index (χ3n) is 1.79. The molecule has 0 radical (unpaired) electrons. The van der Waals surface area contributed by atoms with Crippen LogP contribution in [0.25, 0.3) is 0 Å². The van der Waals surface area contributed by atoms with Crippen molar-refractivity contribution >= 4 is 18.0 Å². The predicted molar refractivity (Wildman–Crippen MR) is 72.8 cm³/mol. The van der Waals surface area contributed by atoms with Crippen LogP contribution in [0.4, 0.5) is 4.79 Å². The third-order valence-corrected chi connectivity index (χ3v) is 1.79. The highest BCUT2D eigenvalue weighted by Gasteiger charge is 2.29. The maximum Gasteiger partial charge on any atom is 0.408 e. The summed E-state index contributed by atoms with van der Waals surface area (Å²) in [5.74, 6) is -1.46. The van der Waals surface area contributed by atoms with Crippen molar-refractivity contribution in [3.63, 3.8) is 0 Å². The zero-order valence-corrected chi connectivity index (χ0v) is 12.9. The van der Waals surface area contributed by atoms with Gasteiger partial charge in [0.1, 0.15) is 17.2 Å². The van der Waals surface area contributed by atoms with Crippen LogP contribution in [0.5, 0.6) is 0 Å². The number of hydrogen-bond donors (Lipinski definition) is 2. The Morgan fingerprint density at radius 3 is 1.80 bits per heavy atom. The number of carbonyl (C=O) groups is 3. The summed E-state index contributed by atoms with van der Waals surface area (Å²) >= 11 is 0. The van der Waals surface area contributed by atoms with Gasteiger partial charge in [-0.3, -0.25) is 4.79 Å². The zero-order chi connectivity index (χ0) is 16.1. The number of carbonyl (C=O) groups excluding carboxylic acids is 3. The number of esters is 1. The first kappa shape index (κ1) is 18.2. The SMILES string of the molecule is CC(C)(C)OC(=O)N[C@H](CC(N)=O)C(=O)OC(C)(C)C. The molecule has 0 saturated heterocycles. The molecule has 7 nitrogen and oxygen atoms in total. The van der Waals surface area contributed by atoms with Crippen molar-refractivity contribution in [3.05, 3.63) is 0 Å². The second kappa shape index (κ2) is 6.58. The molecule has 0 rings (SSSR count). The van der Waals surface area contributed by atoms with Crippen molar-refractivity contribution in [2.24, 2.45) is 5.73 Å². The second-order valence-electron chi connectivity index (χ2n) is 6.40. The van der Waals surface area contributed by atoms with Gasteiger partial charge in [0.05, 0.1) is 6.42 Å². The average molecular weight is 288 g/mol. The summed E-state index contributed by atoms with van der Waals surface area (Å²) in [6.07, 6.45) is -1.16. The number of primary amides is 1. The number of amides is 2. The van der Waals surface area contributed by atoms with E-state index in [1.807, 2.05) is 0 Å². The zero-order valence-electron chi connectivity index (χ0n) is 12.9. The predicted octanol–water partition coefficient (Wildman–Crippen LogP) is 1.10. The monoisotopic (exact) mass is 288 g/mol. The van der Waals surface area contributed by atoms with Crippen LogP contribution in [0, 0.1) is 0 Å². The largest absolute Gasteiger partial charge is 0.458 e. The van der Waals surface area contributed by atoms with E-state index >= 15 is 0 Å². The van der Waals surface area contributed by atoms with Crippen LogP contribution in [-0.2, 0) is 19.1 Å². The summed E-state index contributed by atoms with van der Waals surface area (Å²) in [4.78, 5) is 34.5. The van der Waals surface area contributed by atoms with Crippen molar-refractivity contribution in [1.82, 2.24) is 5.32 Å². The van der Waals surface area contributed by atoms with Crippen molar-refractivity contribution in [2.45, 2.75) is 65.2 Å². The van der Waals surface area contributed by atoms with Crippen LogP contribution < -0.4 is 11.1 Å². The van der Waals surface area contributed by atoms with E-state index in [2.05, 4.69) is 5.32 Å². The molecule has 0 heterocycles. The minimum atomic E-state index is -1.17. The van der Waals surface area contributed by atoms with Gasteiger partial charge >= 0.3 is 12.1 Å². The summed E-state index contributed by atoms with van der Waals surface area (Å²) in [7, 11) is 0. The Balaban J connectivity index is 4.77. The first-order chi connectivity index (χ1) is 8.80. The summed E-state index contributed by atoms with van der Waals surface area (Å²) in [5, 5.41) is 2.29. The summed E-state index contributed by atoms with van der Waals surface area (Å²) in [5.41, 5.74) is 3.61. The van der Waals surface area contributed by atoms with Gasteiger partial charge in [-0.25, -0.2) is 9.59 Å². The lowest BCUT2D eigenvalue weighted by molar-refractivity contribution is -0.158. The normalized spacial score (nSPS) is 13.3. The molecule has 3 N–H and O–H groups in total. The first-order valence-electron chi connectivity index (χ1n) is 6.31. The molecule has 0 aliphatic carbocycles.